The Kier molecular flexibility index (Phi) is 2.61. The Morgan fingerprint density at radius 3 is 2.54 bits per heavy atom. The number of pyridine rings is 1. The molecule has 0 saturated heterocycles. The fourth-order valence-electron chi connectivity index (χ4n) is 3.92. The predicted molar refractivity (Wildman–Crippen MR) is 106 cm³/mol. The maximum absolute atomic E-state index is 5.82. The summed E-state index contributed by atoms with van der Waals surface area (Å²) in [4.78, 5) is 4.75. The van der Waals surface area contributed by atoms with E-state index >= 15 is 0 Å². The van der Waals surface area contributed by atoms with E-state index in [9.17, 15) is 0 Å². The maximum atomic E-state index is 5.82. The lowest BCUT2D eigenvalue weighted by Crippen LogP contribution is -1.96. The van der Waals surface area contributed by atoms with Gasteiger partial charge in [-0.2, -0.15) is 0 Å². The molecule has 3 aromatic heterocycles. The Labute approximate surface area is 149 Å². The summed E-state index contributed by atoms with van der Waals surface area (Å²) < 4.78 is 8.05. The van der Waals surface area contributed by atoms with Crippen molar-refractivity contribution in [1.82, 2.24) is 9.55 Å². The Hall–Kier alpha value is -3.59. The number of fused-ring (bicyclic) bond motifs is 6. The summed E-state index contributed by atoms with van der Waals surface area (Å²) in [5.74, 6) is 0.917. The zero-order chi connectivity index (χ0) is 17.1. The topological polar surface area (TPSA) is 31.0 Å². The molecule has 0 bridgehead atoms. The van der Waals surface area contributed by atoms with Gasteiger partial charge in [0.1, 0.15) is 11.4 Å². The van der Waals surface area contributed by atoms with Crippen LogP contribution in [0, 0.1) is 0 Å². The molecular formula is C23H14N2O. The van der Waals surface area contributed by atoms with Gasteiger partial charge >= 0.3 is 0 Å². The summed E-state index contributed by atoms with van der Waals surface area (Å²) in [7, 11) is 0. The molecule has 0 atom stereocenters. The van der Waals surface area contributed by atoms with Crippen LogP contribution in [0.2, 0.25) is 0 Å². The monoisotopic (exact) mass is 334 g/mol. The third kappa shape index (κ3) is 1.74. The zero-order valence-electron chi connectivity index (χ0n) is 13.9. The fourth-order valence-corrected chi connectivity index (χ4v) is 3.92. The van der Waals surface area contributed by atoms with Crippen LogP contribution in [0.5, 0.6) is 0 Å². The van der Waals surface area contributed by atoms with Crippen LogP contribution in [0.1, 0.15) is 0 Å². The van der Waals surface area contributed by atoms with Crippen molar-refractivity contribution in [3.63, 3.8) is 0 Å². The molecule has 6 rings (SSSR count). The number of rotatable bonds is 1. The maximum Gasteiger partial charge on any atom is 0.143 e. The highest BCUT2D eigenvalue weighted by Crippen LogP contribution is 2.36. The van der Waals surface area contributed by atoms with Gasteiger partial charge in [-0.15, -0.1) is 0 Å². The van der Waals surface area contributed by atoms with E-state index in [2.05, 4.69) is 65.2 Å². The number of hydrogen-bond donors (Lipinski definition) is 0. The smallest absolute Gasteiger partial charge is 0.143 e. The number of benzene rings is 3. The molecule has 0 spiro atoms. The first-order chi connectivity index (χ1) is 12.9. The summed E-state index contributed by atoms with van der Waals surface area (Å²) in [5, 5.41) is 5.76. The Bertz CT molecular complexity index is 1440. The van der Waals surface area contributed by atoms with E-state index in [1.54, 1.807) is 6.26 Å². The van der Waals surface area contributed by atoms with E-state index in [4.69, 9.17) is 9.40 Å². The molecular weight excluding hydrogens is 320 g/mol. The van der Waals surface area contributed by atoms with Crippen LogP contribution < -0.4 is 0 Å². The minimum atomic E-state index is 0.917. The molecule has 0 amide bonds. The molecule has 0 aliphatic rings. The average molecular weight is 334 g/mol. The van der Waals surface area contributed by atoms with Crippen LogP contribution in [0.4, 0.5) is 0 Å². The lowest BCUT2D eigenvalue weighted by atomic mass is 10.1. The van der Waals surface area contributed by atoms with Crippen molar-refractivity contribution in [2.75, 3.05) is 0 Å². The minimum Gasteiger partial charge on any atom is -0.464 e. The average Bonchev–Trinajstić information content (AvgIpc) is 3.29. The Morgan fingerprint density at radius 2 is 1.58 bits per heavy atom. The van der Waals surface area contributed by atoms with E-state index in [1.165, 1.54) is 10.8 Å². The number of nitrogens with zero attached hydrogens (tertiary/aromatic N) is 2. The standard InChI is InChI=1S/C23H14N2O/c1-2-6-17-14-24-21(13-16(17)5-1)25-19-8-4-3-7-18(19)22-20(25)10-9-15-11-12-26-23(15)22/h1-14H. The van der Waals surface area contributed by atoms with Crippen molar-refractivity contribution in [3.05, 3.63) is 85.3 Å². The highest BCUT2D eigenvalue weighted by Gasteiger charge is 2.16. The first-order valence-electron chi connectivity index (χ1n) is 8.65. The van der Waals surface area contributed by atoms with Crippen molar-refractivity contribution in [3.8, 4) is 5.82 Å². The SMILES string of the molecule is c1ccc2cc(-n3c4ccccc4c4c5occc5ccc43)ncc2c1. The molecule has 0 saturated carbocycles. The van der Waals surface area contributed by atoms with E-state index in [1.807, 2.05) is 18.3 Å². The van der Waals surface area contributed by atoms with E-state index < -0.39 is 0 Å². The highest BCUT2D eigenvalue weighted by molar-refractivity contribution is 6.19. The molecule has 6 aromatic rings. The Morgan fingerprint density at radius 1 is 0.731 bits per heavy atom. The van der Waals surface area contributed by atoms with Crippen LogP contribution >= 0.6 is 0 Å². The van der Waals surface area contributed by atoms with Gasteiger partial charge in [-0.05, 0) is 35.7 Å². The molecule has 0 N–H and O–H groups in total. The van der Waals surface area contributed by atoms with Gasteiger partial charge in [-0.25, -0.2) is 4.98 Å². The van der Waals surface area contributed by atoms with Crippen LogP contribution in [0.25, 0.3) is 49.4 Å². The second kappa shape index (κ2) is 4.96. The molecule has 3 aromatic carbocycles. The number of hydrogen-bond acceptors (Lipinski definition) is 2. The van der Waals surface area contributed by atoms with Crippen molar-refractivity contribution in [1.29, 1.82) is 0 Å². The lowest BCUT2D eigenvalue weighted by Gasteiger charge is -2.08. The molecule has 0 fully saturated rings. The van der Waals surface area contributed by atoms with Crippen molar-refractivity contribution in [2.45, 2.75) is 0 Å². The molecule has 26 heavy (non-hydrogen) atoms. The molecule has 0 aliphatic heterocycles. The van der Waals surface area contributed by atoms with Gasteiger partial charge in [0, 0.05) is 22.4 Å². The molecule has 3 nitrogen and oxygen atoms in total. The second-order valence-corrected chi connectivity index (χ2v) is 6.54. The van der Waals surface area contributed by atoms with Crippen molar-refractivity contribution < 1.29 is 4.42 Å². The van der Waals surface area contributed by atoms with Gasteiger partial charge in [-0.1, -0.05) is 42.5 Å². The van der Waals surface area contributed by atoms with Gasteiger partial charge in [0.05, 0.1) is 22.7 Å². The largest absolute Gasteiger partial charge is 0.464 e. The molecule has 122 valence electrons. The second-order valence-electron chi connectivity index (χ2n) is 6.54. The van der Waals surface area contributed by atoms with Crippen molar-refractivity contribution >= 4 is 43.5 Å². The van der Waals surface area contributed by atoms with Crippen LogP contribution in [0.15, 0.2) is 89.7 Å². The fraction of sp³-hybridized carbons (Fsp3) is 0. The van der Waals surface area contributed by atoms with Crippen LogP contribution in [-0.4, -0.2) is 9.55 Å². The summed E-state index contributed by atoms with van der Waals surface area (Å²) in [5.41, 5.74) is 3.17. The number of aromatic nitrogens is 2. The number of furan rings is 1. The molecule has 0 unspecified atom stereocenters. The normalized spacial score (nSPS) is 11.8. The minimum absolute atomic E-state index is 0.917. The quantitative estimate of drug-likeness (QED) is 0.365. The molecule has 3 heterocycles. The van der Waals surface area contributed by atoms with Gasteiger partial charge < -0.3 is 4.42 Å². The van der Waals surface area contributed by atoms with Gasteiger partial charge in [0.15, 0.2) is 0 Å². The third-order valence-electron chi connectivity index (χ3n) is 5.10. The van der Waals surface area contributed by atoms with E-state index in [-0.39, 0.29) is 0 Å². The third-order valence-corrected chi connectivity index (χ3v) is 5.10. The summed E-state index contributed by atoms with van der Waals surface area (Å²) in [6.07, 6.45) is 3.70. The summed E-state index contributed by atoms with van der Waals surface area (Å²) in [6, 6.07) is 25.2. The van der Waals surface area contributed by atoms with E-state index in [0.717, 1.165) is 38.6 Å². The van der Waals surface area contributed by atoms with Gasteiger partial charge in [-0.3, -0.25) is 4.57 Å². The van der Waals surface area contributed by atoms with Crippen LogP contribution in [-0.2, 0) is 0 Å². The van der Waals surface area contributed by atoms with Gasteiger partial charge in [0.2, 0.25) is 0 Å². The zero-order valence-corrected chi connectivity index (χ0v) is 13.9. The number of para-hydroxylation sites is 1. The summed E-state index contributed by atoms with van der Waals surface area (Å²) >= 11 is 0. The van der Waals surface area contributed by atoms with E-state index in [0.29, 0.717) is 0 Å². The first-order valence-corrected chi connectivity index (χ1v) is 8.65. The molecule has 0 aliphatic carbocycles. The van der Waals surface area contributed by atoms with Crippen molar-refractivity contribution in [2.24, 2.45) is 0 Å². The lowest BCUT2D eigenvalue weighted by molar-refractivity contribution is 0.619. The molecule has 3 heteroatoms. The highest BCUT2D eigenvalue weighted by atomic mass is 16.3. The molecule has 0 radical (unpaired) electrons. The summed E-state index contributed by atoms with van der Waals surface area (Å²) in [6.45, 7) is 0. The first kappa shape index (κ1) is 13.7. The Balaban J connectivity index is 1.81. The van der Waals surface area contributed by atoms with Gasteiger partial charge in [0.25, 0.3) is 0 Å². The van der Waals surface area contributed by atoms with Crippen LogP contribution in [0.3, 0.4) is 0 Å². The predicted octanol–water partition coefficient (Wildman–Crippen LogP) is 6.08.